The fourth-order valence-electron chi connectivity index (χ4n) is 1.05. The minimum atomic E-state index is -3.03. The second kappa shape index (κ2) is 2.20. The molecule has 1 rings (SSSR count). The van der Waals surface area contributed by atoms with E-state index in [0.717, 1.165) is 0 Å². The van der Waals surface area contributed by atoms with E-state index in [1.165, 1.54) is 0 Å². The minimum absolute atomic E-state index is 0.0347. The van der Waals surface area contributed by atoms with Gasteiger partial charge in [0, 0.05) is 6.42 Å². The Bertz CT molecular complexity index is 100. The summed E-state index contributed by atoms with van der Waals surface area (Å²) in [5.74, 6) is -3.03. The summed E-state index contributed by atoms with van der Waals surface area (Å²) in [6.45, 7) is 0. The molecule has 9 heavy (non-hydrogen) atoms. The van der Waals surface area contributed by atoms with Gasteiger partial charge in [-0.15, -0.1) is 0 Å². The molecule has 0 amide bonds. The van der Waals surface area contributed by atoms with Gasteiger partial charge in [0.25, 0.3) is 5.92 Å². The van der Waals surface area contributed by atoms with Crippen molar-refractivity contribution >= 4 is 0 Å². The van der Waals surface area contributed by atoms with Crippen LogP contribution in [-0.4, -0.2) is 12.1 Å². The Balaban J connectivity index is 2.49. The lowest BCUT2D eigenvalue weighted by molar-refractivity contribution is -0.0969. The van der Waals surface area contributed by atoms with Crippen LogP contribution in [-0.2, 0) is 0 Å². The maximum atomic E-state index is 12.2. The summed E-state index contributed by atoms with van der Waals surface area (Å²) >= 11 is 0. The van der Waals surface area contributed by atoms with Gasteiger partial charge >= 0.3 is 0 Å². The number of hydrogen-bond donors (Lipinski definition) is 0. The number of hydrogen-bond acceptors (Lipinski definition) is 0. The highest BCUT2D eigenvalue weighted by Gasteiger charge is 2.41. The normalized spacial score (nSPS) is 34.3. The van der Waals surface area contributed by atoms with Gasteiger partial charge in [0.05, 0.1) is 0 Å². The standard InChI is InChI=1S/C6H9F3/c7-5-3-1-2-4-6(5,8)9/h5H,1-4H2. The lowest BCUT2D eigenvalue weighted by Gasteiger charge is -2.24. The van der Waals surface area contributed by atoms with Gasteiger partial charge < -0.3 is 0 Å². The smallest absolute Gasteiger partial charge is 0.241 e. The SMILES string of the molecule is FC1CCCCC1(F)F. The molecule has 1 unspecified atom stereocenters. The third kappa shape index (κ3) is 1.37. The molecule has 3 heteroatoms. The molecule has 1 aliphatic rings. The van der Waals surface area contributed by atoms with Gasteiger partial charge in [0.2, 0.25) is 0 Å². The van der Waals surface area contributed by atoms with Gasteiger partial charge in [-0.1, -0.05) is 6.42 Å². The maximum absolute atomic E-state index is 12.2. The second-order valence-corrected chi connectivity index (χ2v) is 2.47. The number of rotatable bonds is 0. The van der Waals surface area contributed by atoms with Crippen LogP contribution in [0.25, 0.3) is 0 Å². The van der Waals surface area contributed by atoms with Crippen LogP contribution < -0.4 is 0 Å². The average Bonchev–Trinajstić information content (AvgIpc) is 1.77. The predicted octanol–water partition coefficient (Wildman–Crippen LogP) is 2.53. The summed E-state index contributed by atoms with van der Waals surface area (Å²) in [6.07, 6.45) is -1.04. The van der Waals surface area contributed by atoms with Crippen molar-refractivity contribution in [2.75, 3.05) is 0 Å². The van der Waals surface area contributed by atoms with Crippen LogP contribution in [0.1, 0.15) is 25.7 Å². The summed E-state index contributed by atoms with van der Waals surface area (Å²) in [5, 5.41) is 0. The Kier molecular flexibility index (Phi) is 1.68. The molecule has 0 aromatic rings. The van der Waals surface area contributed by atoms with E-state index >= 15 is 0 Å². The molecule has 1 atom stereocenters. The van der Waals surface area contributed by atoms with Crippen molar-refractivity contribution in [3.8, 4) is 0 Å². The largest absolute Gasteiger partial charge is 0.278 e. The number of alkyl halides is 3. The van der Waals surface area contributed by atoms with Crippen molar-refractivity contribution in [2.45, 2.75) is 37.8 Å². The summed E-state index contributed by atoms with van der Waals surface area (Å²) in [7, 11) is 0. The average molecular weight is 138 g/mol. The van der Waals surface area contributed by atoms with Gasteiger partial charge in [-0.3, -0.25) is 0 Å². The monoisotopic (exact) mass is 138 g/mol. The summed E-state index contributed by atoms with van der Waals surface area (Å²) in [6, 6.07) is 0. The van der Waals surface area contributed by atoms with Crippen LogP contribution in [0.3, 0.4) is 0 Å². The maximum Gasteiger partial charge on any atom is 0.278 e. The van der Waals surface area contributed by atoms with E-state index in [1.54, 1.807) is 0 Å². The van der Waals surface area contributed by atoms with Gasteiger partial charge in [-0.2, -0.15) is 0 Å². The van der Waals surface area contributed by atoms with E-state index in [1.807, 2.05) is 0 Å². The van der Waals surface area contributed by atoms with Gasteiger partial charge in [0.1, 0.15) is 0 Å². The highest BCUT2D eigenvalue weighted by molar-refractivity contribution is 4.80. The molecule has 0 nitrogen and oxygen atoms in total. The third-order valence-electron chi connectivity index (χ3n) is 1.68. The van der Waals surface area contributed by atoms with Crippen molar-refractivity contribution in [1.82, 2.24) is 0 Å². The Hall–Kier alpha value is -0.210. The van der Waals surface area contributed by atoms with Crippen molar-refractivity contribution in [3.63, 3.8) is 0 Å². The van der Waals surface area contributed by atoms with Crippen LogP contribution in [0, 0.1) is 0 Å². The van der Waals surface area contributed by atoms with Crippen molar-refractivity contribution in [3.05, 3.63) is 0 Å². The quantitative estimate of drug-likeness (QED) is 0.482. The van der Waals surface area contributed by atoms with Crippen LogP contribution in [0.2, 0.25) is 0 Å². The zero-order chi connectivity index (χ0) is 6.91. The highest BCUT2D eigenvalue weighted by atomic mass is 19.3. The first-order chi connectivity index (χ1) is 4.13. The van der Waals surface area contributed by atoms with Crippen molar-refractivity contribution in [2.24, 2.45) is 0 Å². The molecule has 0 bridgehead atoms. The van der Waals surface area contributed by atoms with Gasteiger partial charge in [0.15, 0.2) is 6.17 Å². The summed E-state index contributed by atoms with van der Waals surface area (Å²) < 4.78 is 36.7. The molecule has 0 spiro atoms. The first-order valence-electron chi connectivity index (χ1n) is 3.15. The van der Waals surface area contributed by atoms with Crippen LogP contribution in [0.4, 0.5) is 13.2 Å². The lowest BCUT2D eigenvalue weighted by Crippen LogP contribution is -2.32. The molecule has 0 radical (unpaired) electrons. The van der Waals surface area contributed by atoms with E-state index in [2.05, 4.69) is 0 Å². The molecule has 0 aromatic carbocycles. The van der Waals surface area contributed by atoms with Crippen LogP contribution >= 0.6 is 0 Å². The Morgan fingerprint density at radius 1 is 1.22 bits per heavy atom. The summed E-state index contributed by atoms with van der Waals surface area (Å²) in [5.41, 5.74) is 0. The first kappa shape index (κ1) is 6.90. The first-order valence-corrected chi connectivity index (χ1v) is 3.15. The Morgan fingerprint density at radius 3 is 2.22 bits per heavy atom. The fraction of sp³-hybridized carbons (Fsp3) is 1.00. The zero-order valence-electron chi connectivity index (χ0n) is 5.04. The van der Waals surface area contributed by atoms with Crippen molar-refractivity contribution in [1.29, 1.82) is 0 Å². The molecular weight excluding hydrogens is 129 g/mol. The van der Waals surface area contributed by atoms with Gasteiger partial charge in [-0.05, 0) is 12.8 Å². The minimum Gasteiger partial charge on any atom is -0.241 e. The molecule has 0 aromatic heterocycles. The molecule has 1 aliphatic carbocycles. The van der Waals surface area contributed by atoms with Crippen LogP contribution in [0.5, 0.6) is 0 Å². The van der Waals surface area contributed by atoms with Crippen molar-refractivity contribution < 1.29 is 13.2 Å². The molecule has 54 valence electrons. The molecule has 0 N–H and O–H groups in total. The molecule has 0 aliphatic heterocycles. The number of halogens is 3. The van der Waals surface area contributed by atoms with E-state index in [9.17, 15) is 13.2 Å². The van der Waals surface area contributed by atoms with Gasteiger partial charge in [-0.25, -0.2) is 13.2 Å². The second-order valence-electron chi connectivity index (χ2n) is 2.47. The molecular formula is C6H9F3. The van der Waals surface area contributed by atoms with E-state index in [0.29, 0.717) is 12.8 Å². The van der Waals surface area contributed by atoms with E-state index in [-0.39, 0.29) is 12.8 Å². The third-order valence-corrected chi connectivity index (χ3v) is 1.68. The Morgan fingerprint density at radius 2 is 1.89 bits per heavy atom. The Labute approximate surface area is 52.1 Å². The van der Waals surface area contributed by atoms with Crippen LogP contribution in [0.15, 0.2) is 0 Å². The highest BCUT2D eigenvalue weighted by Crippen LogP contribution is 2.35. The topological polar surface area (TPSA) is 0 Å². The van der Waals surface area contributed by atoms with E-state index < -0.39 is 12.1 Å². The predicted molar refractivity (Wildman–Crippen MR) is 28.3 cm³/mol. The molecule has 0 heterocycles. The zero-order valence-corrected chi connectivity index (χ0v) is 5.04. The molecule has 1 saturated carbocycles. The lowest BCUT2D eigenvalue weighted by atomic mass is 9.95. The van der Waals surface area contributed by atoms with E-state index in [4.69, 9.17) is 0 Å². The summed E-state index contributed by atoms with van der Waals surface area (Å²) in [4.78, 5) is 0. The molecule has 1 fully saturated rings. The fourth-order valence-corrected chi connectivity index (χ4v) is 1.05. The molecule has 0 saturated heterocycles.